The van der Waals surface area contributed by atoms with Crippen LogP contribution in [0.4, 0.5) is 17.3 Å². The minimum atomic E-state index is -0.472. The maximum atomic E-state index is 11.1. The van der Waals surface area contributed by atoms with Gasteiger partial charge in [0.15, 0.2) is 0 Å². The maximum Gasteiger partial charge on any atom is 0.353 e. The summed E-state index contributed by atoms with van der Waals surface area (Å²) in [7, 11) is 1.60. The normalized spacial score (nSPS) is 11.9. The molecule has 7 nitrogen and oxygen atoms in total. The highest BCUT2D eigenvalue weighted by molar-refractivity contribution is 7.98. The SMILES string of the molecule is CCC(CSC)Nc1ncnc(NC)c1[N+](=O)[O-]. The fourth-order valence-electron chi connectivity index (χ4n) is 1.50. The molecule has 0 saturated heterocycles. The molecular weight excluding hydrogens is 254 g/mol. The monoisotopic (exact) mass is 271 g/mol. The van der Waals surface area contributed by atoms with E-state index in [9.17, 15) is 10.1 Å². The molecule has 0 aliphatic carbocycles. The molecule has 2 N–H and O–H groups in total. The van der Waals surface area contributed by atoms with Crippen LogP contribution in [0.5, 0.6) is 0 Å². The Kier molecular flexibility index (Phi) is 5.63. The standard InChI is InChI=1S/C10H17N5O2S/c1-4-7(5-18-3)14-10-8(15(16)17)9(11-2)12-6-13-10/h6-7H,4-5H2,1-3H3,(H2,11,12,13,14). The predicted octanol–water partition coefficient (Wildman–Crippen LogP) is 1.98. The second-order valence-corrected chi connectivity index (χ2v) is 4.54. The Balaban J connectivity index is 3.03. The molecule has 0 saturated carbocycles. The number of hydrogen-bond acceptors (Lipinski definition) is 7. The summed E-state index contributed by atoms with van der Waals surface area (Å²) < 4.78 is 0. The molecule has 0 aliphatic rings. The van der Waals surface area contributed by atoms with Crippen molar-refractivity contribution in [3.05, 3.63) is 16.4 Å². The lowest BCUT2D eigenvalue weighted by molar-refractivity contribution is -0.383. The number of nitro groups is 1. The van der Waals surface area contributed by atoms with Gasteiger partial charge in [0.25, 0.3) is 0 Å². The molecule has 1 atom stereocenters. The molecule has 1 aromatic rings. The molecule has 1 heterocycles. The van der Waals surface area contributed by atoms with Crippen LogP contribution >= 0.6 is 11.8 Å². The second kappa shape index (κ2) is 7.00. The molecule has 18 heavy (non-hydrogen) atoms. The Morgan fingerprint density at radius 1 is 1.50 bits per heavy atom. The van der Waals surface area contributed by atoms with Gasteiger partial charge in [-0.15, -0.1) is 0 Å². The van der Waals surface area contributed by atoms with Crippen LogP contribution in [-0.4, -0.2) is 40.0 Å². The summed E-state index contributed by atoms with van der Waals surface area (Å²) in [6.07, 6.45) is 4.18. The van der Waals surface area contributed by atoms with Crippen LogP contribution in [0.15, 0.2) is 6.33 Å². The Labute approximate surface area is 110 Å². The van der Waals surface area contributed by atoms with Gasteiger partial charge in [-0.1, -0.05) is 6.92 Å². The largest absolute Gasteiger partial charge is 0.367 e. The molecule has 0 amide bonds. The summed E-state index contributed by atoms with van der Waals surface area (Å²) in [5.74, 6) is 1.35. The van der Waals surface area contributed by atoms with Gasteiger partial charge in [0, 0.05) is 18.8 Å². The van der Waals surface area contributed by atoms with E-state index in [-0.39, 0.29) is 23.4 Å². The average Bonchev–Trinajstić information content (AvgIpc) is 2.37. The van der Waals surface area contributed by atoms with Gasteiger partial charge in [-0.2, -0.15) is 11.8 Å². The summed E-state index contributed by atoms with van der Waals surface area (Å²) in [6, 6.07) is 0.151. The van der Waals surface area contributed by atoms with Crippen molar-refractivity contribution in [2.45, 2.75) is 19.4 Å². The lowest BCUT2D eigenvalue weighted by Gasteiger charge is -2.16. The highest BCUT2D eigenvalue weighted by Gasteiger charge is 2.23. The number of aromatic nitrogens is 2. The van der Waals surface area contributed by atoms with Crippen LogP contribution < -0.4 is 10.6 Å². The lowest BCUT2D eigenvalue weighted by atomic mass is 10.2. The van der Waals surface area contributed by atoms with Crippen molar-refractivity contribution in [2.75, 3.05) is 29.7 Å². The summed E-state index contributed by atoms with van der Waals surface area (Å²) >= 11 is 1.69. The van der Waals surface area contributed by atoms with Gasteiger partial charge in [0.2, 0.25) is 11.6 Å². The van der Waals surface area contributed by atoms with Crippen LogP contribution in [0.2, 0.25) is 0 Å². The first-order chi connectivity index (χ1) is 8.63. The number of nitrogens with zero attached hydrogens (tertiary/aromatic N) is 3. The minimum Gasteiger partial charge on any atom is -0.367 e. The van der Waals surface area contributed by atoms with Crippen LogP contribution in [-0.2, 0) is 0 Å². The quantitative estimate of drug-likeness (QED) is 0.578. The third-order valence-electron chi connectivity index (χ3n) is 2.44. The highest BCUT2D eigenvalue weighted by atomic mass is 32.2. The van der Waals surface area contributed by atoms with Crippen molar-refractivity contribution in [3.8, 4) is 0 Å². The van der Waals surface area contributed by atoms with Crippen LogP contribution in [0.3, 0.4) is 0 Å². The fourth-order valence-corrected chi connectivity index (χ4v) is 2.22. The van der Waals surface area contributed by atoms with Gasteiger partial charge in [-0.3, -0.25) is 10.1 Å². The zero-order valence-corrected chi connectivity index (χ0v) is 11.5. The van der Waals surface area contributed by atoms with Gasteiger partial charge in [-0.25, -0.2) is 9.97 Å². The summed E-state index contributed by atoms with van der Waals surface area (Å²) in [5, 5.41) is 16.9. The van der Waals surface area contributed by atoms with Gasteiger partial charge in [0.1, 0.15) is 6.33 Å². The number of thioether (sulfide) groups is 1. The third kappa shape index (κ3) is 3.46. The number of nitrogens with one attached hydrogen (secondary N) is 2. The lowest BCUT2D eigenvalue weighted by Crippen LogP contribution is -2.22. The van der Waals surface area contributed by atoms with Crippen molar-refractivity contribution in [3.63, 3.8) is 0 Å². The van der Waals surface area contributed by atoms with Gasteiger partial charge in [-0.05, 0) is 12.7 Å². The summed E-state index contributed by atoms with van der Waals surface area (Å²) in [6.45, 7) is 2.03. The van der Waals surface area contributed by atoms with Crippen molar-refractivity contribution in [2.24, 2.45) is 0 Å². The molecule has 1 aromatic heterocycles. The number of rotatable bonds is 7. The molecule has 0 radical (unpaired) electrons. The number of hydrogen-bond donors (Lipinski definition) is 2. The smallest absolute Gasteiger partial charge is 0.353 e. The molecule has 0 spiro atoms. The first kappa shape index (κ1) is 14.5. The molecule has 100 valence electrons. The van der Waals surface area contributed by atoms with E-state index in [0.717, 1.165) is 12.2 Å². The van der Waals surface area contributed by atoms with Crippen molar-refractivity contribution >= 4 is 29.1 Å². The molecule has 0 bridgehead atoms. The molecule has 1 rings (SSSR count). The van der Waals surface area contributed by atoms with E-state index in [2.05, 4.69) is 20.6 Å². The van der Waals surface area contributed by atoms with E-state index >= 15 is 0 Å². The van der Waals surface area contributed by atoms with E-state index < -0.39 is 4.92 Å². The molecule has 8 heteroatoms. The zero-order valence-electron chi connectivity index (χ0n) is 10.6. The van der Waals surface area contributed by atoms with Gasteiger partial charge >= 0.3 is 5.69 Å². The van der Waals surface area contributed by atoms with Crippen molar-refractivity contribution < 1.29 is 4.92 Å². The van der Waals surface area contributed by atoms with Crippen LogP contribution in [0, 0.1) is 10.1 Å². The van der Waals surface area contributed by atoms with E-state index in [4.69, 9.17) is 0 Å². The van der Waals surface area contributed by atoms with E-state index in [1.54, 1.807) is 18.8 Å². The molecule has 0 aromatic carbocycles. The van der Waals surface area contributed by atoms with Crippen LogP contribution in [0.1, 0.15) is 13.3 Å². The van der Waals surface area contributed by atoms with E-state index in [0.29, 0.717) is 0 Å². The first-order valence-electron chi connectivity index (χ1n) is 5.56. The topological polar surface area (TPSA) is 93.0 Å². The molecular formula is C10H17N5O2S. The van der Waals surface area contributed by atoms with Crippen molar-refractivity contribution in [1.29, 1.82) is 0 Å². The van der Waals surface area contributed by atoms with Gasteiger partial charge < -0.3 is 10.6 Å². The Morgan fingerprint density at radius 3 is 2.67 bits per heavy atom. The fraction of sp³-hybridized carbons (Fsp3) is 0.600. The molecule has 0 fully saturated rings. The second-order valence-electron chi connectivity index (χ2n) is 3.63. The Hall–Kier alpha value is -1.57. The zero-order chi connectivity index (χ0) is 13.5. The van der Waals surface area contributed by atoms with Gasteiger partial charge in [0.05, 0.1) is 4.92 Å². The van der Waals surface area contributed by atoms with Crippen LogP contribution in [0.25, 0.3) is 0 Å². The van der Waals surface area contributed by atoms with E-state index in [1.165, 1.54) is 6.33 Å². The molecule has 1 unspecified atom stereocenters. The predicted molar refractivity (Wildman–Crippen MR) is 74.3 cm³/mol. The Bertz CT molecular complexity index is 415. The Morgan fingerprint density at radius 2 is 2.17 bits per heavy atom. The third-order valence-corrected chi connectivity index (χ3v) is 3.18. The highest BCUT2D eigenvalue weighted by Crippen LogP contribution is 2.29. The first-order valence-corrected chi connectivity index (χ1v) is 6.96. The summed E-state index contributed by atoms with van der Waals surface area (Å²) in [5.41, 5.74) is -0.112. The average molecular weight is 271 g/mol. The minimum absolute atomic E-state index is 0.112. The summed E-state index contributed by atoms with van der Waals surface area (Å²) in [4.78, 5) is 18.4. The molecule has 0 aliphatic heterocycles. The van der Waals surface area contributed by atoms with E-state index in [1.807, 2.05) is 13.2 Å². The maximum absolute atomic E-state index is 11.1. The number of anilines is 2. The van der Waals surface area contributed by atoms with Crippen molar-refractivity contribution in [1.82, 2.24) is 9.97 Å².